The SMILES string of the molecule is CSCCC(N)C(=O)NC(CS)C(=O)NC(CC(=O)O)C(=O)NC(CO)C(=O)O. The molecule has 12 nitrogen and oxygen atoms in total. The Labute approximate surface area is 176 Å². The maximum absolute atomic E-state index is 12.4. The van der Waals surface area contributed by atoms with Crippen LogP contribution in [0.2, 0.25) is 0 Å². The van der Waals surface area contributed by atoms with E-state index < -0.39 is 66.9 Å². The summed E-state index contributed by atoms with van der Waals surface area (Å²) in [5, 5.41) is 33.2. The number of hydrogen-bond acceptors (Lipinski definition) is 9. The van der Waals surface area contributed by atoms with Crippen LogP contribution in [0, 0.1) is 0 Å². The Kier molecular flexibility index (Phi) is 13.0. The van der Waals surface area contributed by atoms with Crippen molar-refractivity contribution >= 4 is 54.1 Å². The molecule has 0 spiro atoms. The maximum Gasteiger partial charge on any atom is 0.328 e. The van der Waals surface area contributed by atoms with Crippen molar-refractivity contribution in [1.29, 1.82) is 0 Å². The van der Waals surface area contributed by atoms with Crippen LogP contribution in [0.4, 0.5) is 0 Å². The number of carboxylic acids is 2. The molecule has 0 radical (unpaired) electrons. The molecule has 0 saturated heterocycles. The first-order valence-electron chi connectivity index (χ1n) is 8.39. The molecule has 3 amide bonds. The number of hydrogen-bond donors (Lipinski definition) is 8. The fourth-order valence-electron chi connectivity index (χ4n) is 1.96. The zero-order valence-corrected chi connectivity index (χ0v) is 17.4. The van der Waals surface area contributed by atoms with Crippen LogP contribution >= 0.6 is 24.4 Å². The zero-order valence-electron chi connectivity index (χ0n) is 15.7. The van der Waals surface area contributed by atoms with Gasteiger partial charge in [-0.05, 0) is 18.4 Å². The maximum atomic E-state index is 12.4. The number of thiol groups is 1. The van der Waals surface area contributed by atoms with Gasteiger partial charge in [0.1, 0.15) is 18.1 Å². The number of amides is 3. The van der Waals surface area contributed by atoms with Crippen molar-refractivity contribution in [1.82, 2.24) is 16.0 Å². The molecule has 0 aliphatic carbocycles. The second-order valence-corrected chi connectivity index (χ2v) is 7.22. The van der Waals surface area contributed by atoms with Gasteiger partial charge in [-0.15, -0.1) is 0 Å². The summed E-state index contributed by atoms with van der Waals surface area (Å²) >= 11 is 5.45. The van der Waals surface area contributed by atoms with E-state index in [0.29, 0.717) is 12.2 Å². The van der Waals surface area contributed by atoms with E-state index in [-0.39, 0.29) is 5.75 Å². The summed E-state index contributed by atoms with van der Waals surface area (Å²) in [5.41, 5.74) is 5.72. The Bertz CT molecular complexity index is 607. The molecule has 0 aromatic heterocycles. The monoisotopic (exact) mass is 454 g/mol. The van der Waals surface area contributed by atoms with Gasteiger partial charge in [0.25, 0.3) is 0 Å². The number of nitrogens with two attached hydrogens (primary N) is 1. The lowest BCUT2D eigenvalue weighted by Gasteiger charge is -2.23. The number of nitrogens with one attached hydrogen (secondary N) is 3. The van der Waals surface area contributed by atoms with Gasteiger partial charge in [0.2, 0.25) is 17.7 Å². The van der Waals surface area contributed by atoms with Gasteiger partial charge in [-0.2, -0.15) is 24.4 Å². The van der Waals surface area contributed by atoms with Crippen LogP contribution in [-0.4, -0.2) is 93.5 Å². The Balaban J connectivity index is 5.12. The van der Waals surface area contributed by atoms with Crippen molar-refractivity contribution in [2.45, 2.75) is 37.0 Å². The van der Waals surface area contributed by atoms with Crippen LogP contribution in [-0.2, 0) is 24.0 Å². The predicted octanol–water partition coefficient (Wildman–Crippen LogP) is -3.00. The molecule has 14 heteroatoms. The largest absolute Gasteiger partial charge is 0.481 e. The smallest absolute Gasteiger partial charge is 0.328 e. The molecule has 0 aromatic carbocycles. The minimum absolute atomic E-state index is 0.164. The molecule has 0 rings (SSSR count). The summed E-state index contributed by atoms with van der Waals surface area (Å²) in [6.45, 7) is -0.932. The van der Waals surface area contributed by atoms with E-state index >= 15 is 0 Å². The Morgan fingerprint density at radius 2 is 1.48 bits per heavy atom. The molecule has 0 saturated carbocycles. The van der Waals surface area contributed by atoms with Crippen LogP contribution in [0.1, 0.15) is 12.8 Å². The topological polar surface area (TPSA) is 208 Å². The Hall–Kier alpha value is -2.03. The Morgan fingerprint density at radius 3 is 1.93 bits per heavy atom. The van der Waals surface area contributed by atoms with Crippen molar-refractivity contribution in [3.8, 4) is 0 Å². The lowest BCUT2D eigenvalue weighted by molar-refractivity contribution is -0.144. The average molecular weight is 455 g/mol. The van der Waals surface area contributed by atoms with Gasteiger partial charge in [0.05, 0.1) is 19.1 Å². The van der Waals surface area contributed by atoms with E-state index in [1.54, 1.807) is 0 Å². The first-order valence-corrected chi connectivity index (χ1v) is 10.4. The fraction of sp³-hybridized carbons (Fsp3) is 0.667. The normalized spacial score (nSPS) is 14.8. The third kappa shape index (κ3) is 10.3. The summed E-state index contributed by atoms with van der Waals surface area (Å²) in [7, 11) is 0. The molecule has 0 heterocycles. The van der Waals surface area contributed by atoms with Gasteiger partial charge in [-0.1, -0.05) is 0 Å². The van der Waals surface area contributed by atoms with Crippen molar-refractivity contribution in [3.05, 3.63) is 0 Å². The third-order valence-electron chi connectivity index (χ3n) is 3.59. The van der Waals surface area contributed by atoms with Crippen LogP contribution in [0.15, 0.2) is 0 Å². The third-order valence-corrected chi connectivity index (χ3v) is 4.60. The van der Waals surface area contributed by atoms with E-state index in [1.165, 1.54) is 11.8 Å². The summed E-state index contributed by atoms with van der Waals surface area (Å²) < 4.78 is 0. The average Bonchev–Trinajstić information content (AvgIpc) is 2.66. The lowest BCUT2D eigenvalue weighted by Crippen LogP contribution is -2.58. The molecule has 0 bridgehead atoms. The Morgan fingerprint density at radius 1 is 0.966 bits per heavy atom. The molecule has 4 atom stereocenters. The first kappa shape index (κ1) is 27.0. The van der Waals surface area contributed by atoms with Crippen LogP contribution in [0.5, 0.6) is 0 Å². The fourth-order valence-corrected chi connectivity index (χ4v) is 2.71. The molecule has 8 N–H and O–H groups in total. The second-order valence-electron chi connectivity index (χ2n) is 5.87. The number of rotatable bonds is 14. The van der Waals surface area contributed by atoms with Gasteiger partial charge < -0.3 is 37.0 Å². The number of thioether (sulfide) groups is 1. The quantitative estimate of drug-likeness (QED) is 0.125. The number of carboxylic acid groups (broad SMARTS) is 2. The highest BCUT2D eigenvalue weighted by Gasteiger charge is 2.30. The minimum atomic E-state index is -1.68. The van der Waals surface area contributed by atoms with Crippen molar-refractivity contribution in [2.75, 3.05) is 24.4 Å². The van der Waals surface area contributed by atoms with Crippen LogP contribution < -0.4 is 21.7 Å². The van der Waals surface area contributed by atoms with Gasteiger partial charge in [0, 0.05) is 5.75 Å². The number of carbonyl (C=O) groups is 5. The highest BCUT2D eigenvalue weighted by molar-refractivity contribution is 7.98. The number of aliphatic carboxylic acids is 2. The van der Waals surface area contributed by atoms with Crippen molar-refractivity contribution in [3.63, 3.8) is 0 Å². The highest BCUT2D eigenvalue weighted by Crippen LogP contribution is 2.01. The molecular formula is C15H26N4O8S2. The van der Waals surface area contributed by atoms with E-state index in [4.69, 9.17) is 21.1 Å². The molecule has 0 aliphatic heterocycles. The molecular weight excluding hydrogens is 428 g/mol. The standard InChI is InChI=1S/C15H26N4O8S2/c1-29-3-2-7(16)12(23)19-10(6-28)14(25)17-8(4-11(21)22)13(24)18-9(5-20)15(26)27/h7-10,20,28H,2-6,16H2,1H3,(H,17,25)(H,18,24)(H,19,23)(H,21,22)(H,26,27). The van der Waals surface area contributed by atoms with E-state index in [1.807, 2.05) is 11.6 Å². The molecule has 166 valence electrons. The van der Waals surface area contributed by atoms with Crippen molar-refractivity contribution < 1.29 is 39.3 Å². The second kappa shape index (κ2) is 14.0. The molecule has 4 unspecified atom stereocenters. The molecule has 0 aliphatic rings. The summed E-state index contributed by atoms with van der Waals surface area (Å²) in [4.78, 5) is 58.5. The minimum Gasteiger partial charge on any atom is -0.481 e. The summed E-state index contributed by atoms with van der Waals surface area (Å²) in [6.07, 6.45) is 1.36. The van der Waals surface area contributed by atoms with Gasteiger partial charge in [-0.3, -0.25) is 19.2 Å². The zero-order chi connectivity index (χ0) is 22.6. The molecule has 0 fully saturated rings. The predicted molar refractivity (Wildman–Crippen MR) is 108 cm³/mol. The van der Waals surface area contributed by atoms with Gasteiger partial charge in [0.15, 0.2) is 0 Å². The van der Waals surface area contributed by atoms with Crippen molar-refractivity contribution in [2.24, 2.45) is 5.73 Å². The number of aliphatic hydroxyl groups excluding tert-OH is 1. The molecule has 0 aromatic rings. The number of carbonyl (C=O) groups excluding carboxylic acids is 3. The highest BCUT2D eigenvalue weighted by atomic mass is 32.2. The van der Waals surface area contributed by atoms with Gasteiger partial charge >= 0.3 is 11.9 Å². The number of aliphatic hydroxyl groups is 1. The first-order chi connectivity index (χ1) is 13.6. The van der Waals surface area contributed by atoms with Gasteiger partial charge in [-0.25, -0.2) is 4.79 Å². The van der Waals surface area contributed by atoms with E-state index in [2.05, 4.69) is 23.3 Å². The van der Waals surface area contributed by atoms with Crippen LogP contribution in [0.3, 0.4) is 0 Å². The molecule has 29 heavy (non-hydrogen) atoms. The van der Waals surface area contributed by atoms with Crippen LogP contribution in [0.25, 0.3) is 0 Å². The van der Waals surface area contributed by atoms with E-state index in [0.717, 1.165) is 0 Å². The van der Waals surface area contributed by atoms with E-state index in [9.17, 15) is 24.0 Å². The lowest BCUT2D eigenvalue weighted by atomic mass is 10.1. The summed E-state index contributed by atoms with van der Waals surface area (Å²) in [5.74, 6) is -5.15. The summed E-state index contributed by atoms with van der Waals surface area (Å²) in [6, 6.07) is -5.39.